The molecular formula is C37H58O5. The minimum atomic E-state index is -0.662. The predicted molar refractivity (Wildman–Crippen MR) is 164 cm³/mol. The summed E-state index contributed by atoms with van der Waals surface area (Å²) in [6.07, 6.45) is 7.46. The summed E-state index contributed by atoms with van der Waals surface area (Å²) in [4.78, 5) is 27.1. The number of fused-ring (bicyclic) bond motifs is 4. The molecule has 14 unspecified atom stereocenters. The number of carbonyl (C=O) groups excluding carboxylic acids is 2. The van der Waals surface area contributed by atoms with Crippen LogP contribution in [0.3, 0.4) is 0 Å². The van der Waals surface area contributed by atoms with Gasteiger partial charge >= 0.3 is 0 Å². The Morgan fingerprint density at radius 3 is 2.31 bits per heavy atom. The molecule has 4 saturated carbocycles. The number of aliphatic hydroxyl groups excluding tert-OH is 1. The molecule has 5 nitrogen and oxygen atoms in total. The molecule has 236 valence electrons. The third kappa shape index (κ3) is 4.25. The Labute approximate surface area is 254 Å². The molecule has 6 rings (SSSR count). The first-order chi connectivity index (χ1) is 19.4. The van der Waals surface area contributed by atoms with Gasteiger partial charge in [-0.05, 0) is 122 Å². The Morgan fingerprint density at radius 2 is 1.67 bits per heavy atom. The van der Waals surface area contributed by atoms with E-state index in [1.54, 1.807) is 6.92 Å². The van der Waals surface area contributed by atoms with Gasteiger partial charge in [0.05, 0.1) is 23.9 Å². The van der Waals surface area contributed by atoms with Crippen molar-refractivity contribution < 1.29 is 24.2 Å². The van der Waals surface area contributed by atoms with E-state index in [9.17, 15) is 14.7 Å². The maximum Gasteiger partial charge on any atom is 0.173 e. The molecule has 0 amide bonds. The maximum atomic E-state index is 14.3. The molecular weight excluding hydrogens is 524 g/mol. The van der Waals surface area contributed by atoms with Gasteiger partial charge in [0, 0.05) is 5.41 Å². The van der Waals surface area contributed by atoms with Crippen molar-refractivity contribution in [1.82, 2.24) is 0 Å². The van der Waals surface area contributed by atoms with Gasteiger partial charge in [0.1, 0.15) is 6.79 Å². The minimum Gasteiger partial charge on any atom is -0.392 e. The molecule has 0 aromatic rings. The van der Waals surface area contributed by atoms with Crippen LogP contribution in [0.15, 0.2) is 11.1 Å². The lowest BCUT2D eigenvalue weighted by Crippen LogP contribution is -2.68. The average molecular weight is 583 g/mol. The van der Waals surface area contributed by atoms with Crippen LogP contribution in [0.25, 0.3) is 0 Å². The van der Waals surface area contributed by atoms with Gasteiger partial charge < -0.3 is 14.6 Å². The summed E-state index contributed by atoms with van der Waals surface area (Å²) in [5.74, 6) is 2.78. The summed E-state index contributed by atoms with van der Waals surface area (Å²) in [7, 11) is 0. The topological polar surface area (TPSA) is 72.8 Å². The lowest BCUT2D eigenvalue weighted by Gasteiger charge is -2.69. The van der Waals surface area contributed by atoms with Crippen molar-refractivity contribution in [3.63, 3.8) is 0 Å². The zero-order valence-corrected chi connectivity index (χ0v) is 28.1. The summed E-state index contributed by atoms with van der Waals surface area (Å²) < 4.78 is 12.0. The van der Waals surface area contributed by atoms with Crippen LogP contribution in [0.5, 0.6) is 0 Å². The van der Waals surface area contributed by atoms with Crippen molar-refractivity contribution in [2.24, 2.45) is 69.0 Å². The van der Waals surface area contributed by atoms with E-state index in [1.165, 1.54) is 12.8 Å². The van der Waals surface area contributed by atoms with Gasteiger partial charge in [-0.25, -0.2) is 0 Å². The Morgan fingerprint density at radius 1 is 1.00 bits per heavy atom. The molecule has 0 aromatic carbocycles. The van der Waals surface area contributed by atoms with E-state index in [0.29, 0.717) is 42.0 Å². The molecule has 6 aliphatic rings. The fourth-order valence-electron chi connectivity index (χ4n) is 13.0. The molecule has 1 saturated heterocycles. The van der Waals surface area contributed by atoms with Crippen molar-refractivity contribution in [2.75, 3.05) is 6.79 Å². The highest BCUT2D eigenvalue weighted by atomic mass is 16.7. The van der Waals surface area contributed by atoms with Crippen molar-refractivity contribution >= 4 is 11.6 Å². The fraction of sp³-hybridized carbons (Fsp3) is 0.892. The van der Waals surface area contributed by atoms with Gasteiger partial charge in [-0.2, -0.15) is 0 Å². The Bertz CT molecular complexity index is 1170. The monoisotopic (exact) mass is 582 g/mol. The number of Topliss-reactive ketones (excluding diaryl/α,β-unsaturated/α-hetero) is 2. The van der Waals surface area contributed by atoms with Crippen molar-refractivity contribution in [3.8, 4) is 0 Å². The van der Waals surface area contributed by atoms with E-state index in [0.717, 1.165) is 37.7 Å². The van der Waals surface area contributed by atoms with E-state index in [-0.39, 0.29) is 57.8 Å². The van der Waals surface area contributed by atoms with E-state index in [1.807, 2.05) is 6.92 Å². The number of aliphatic hydroxyl groups is 1. The Kier molecular flexibility index (Phi) is 7.36. The van der Waals surface area contributed by atoms with E-state index >= 15 is 0 Å². The van der Waals surface area contributed by atoms with Crippen LogP contribution < -0.4 is 0 Å². The zero-order chi connectivity index (χ0) is 30.7. The van der Waals surface area contributed by atoms with Crippen molar-refractivity contribution in [1.29, 1.82) is 0 Å². The minimum absolute atomic E-state index is 0.00714. The number of hydrogen-bond donors (Lipinski definition) is 1. The van der Waals surface area contributed by atoms with Gasteiger partial charge in [-0.3, -0.25) is 9.59 Å². The van der Waals surface area contributed by atoms with Crippen LogP contribution in [0.1, 0.15) is 114 Å². The quantitative estimate of drug-likeness (QED) is 0.344. The first-order valence-corrected chi connectivity index (χ1v) is 17.1. The second kappa shape index (κ2) is 9.98. The highest BCUT2D eigenvalue weighted by molar-refractivity contribution is 6.22. The Hall–Kier alpha value is -1.04. The summed E-state index contributed by atoms with van der Waals surface area (Å²) in [6.45, 7) is 22.7. The van der Waals surface area contributed by atoms with E-state index in [4.69, 9.17) is 9.47 Å². The van der Waals surface area contributed by atoms with Crippen molar-refractivity contribution in [2.45, 2.75) is 132 Å². The first-order valence-electron chi connectivity index (χ1n) is 17.1. The van der Waals surface area contributed by atoms with Crippen LogP contribution in [0.2, 0.25) is 0 Å². The molecule has 42 heavy (non-hydrogen) atoms. The number of ketones is 2. The zero-order valence-electron chi connectivity index (χ0n) is 28.1. The van der Waals surface area contributed by atoms with E-state index < -0.39 is 11.5 Å². The molecule has 5 heteroatoms. The van der Waals surface area contributed by atoms with Gasteiger partial charge in [0.15, 0.2) is 11.6 Å². The normalized spacial score (nSPS) is 52.7. The van der Waals surface area contributed by atoms with Crippen LogP contribution in [-0.2, 0) is 19.1 Å². The Balaban J connectivity index is 1.41. The molecule has 0 aromatic heterocycles. The SMILES string of the molecule is CC(=O)C1=C(C)CC2(C)CC3(C)CC4C(C5CCC6OCOC6C5)CC(C(C)(C)C)C(C)C4C(O)C3C(C)C2(C)C1=O. The van der Waals surface area contributed by atoms with Crippen molar-refractivity contribution in [3.05, 3.63) is 11.1 Å². The number of carbonyl (C=O) groups is 2. The predicted octanol–water partition coefficient (Wildman–Crippen LogP) is 7.40. The fourth-order valence-corrected chi connectivity index (χ4v) is 13.0. The van der Waals surface area contributed by atoms with Gasteiger partial charge in [-0.1, -0.05) is 61.0 Å². The molecule has 1 heterocycles. The highest BCUT2D eigenvalue weighted by Crippen LogP contribution is 2.72. The van der Waals surface area contributed by atoms with Crippen LogP contribution in [-0.4, -0.2) is 41.8 Å². The van der Waals surface area contributed by atoms with Crippen LogP contribution >= 0.6 is 0 Å². The molecule has 1 aliphatic heterocycles. The second-order valence-corrected chi connectivity index (χ2v) is 17.9. The second-order valence-electron chi connectivity index (χ2n) is 17.9. The summed E-state index contributed by atoms with van der Waals surface area (Å²) in [5.41, 5.74) is 0.601. The molecule has 0 spiro atoms. The van der Waals surface area contributed by atoms with Crippen LogP contribution in [0.4, 0.5) is 0 Å². The van der Waals surface area contributed by atoms with Gasteiger partial charge in [0.25, 0.3) is 0 Å². The smallest absolute Gasteiger partial charge is 0.173 e. The molecule has 0 bridgehead atoms. The maximum absolute atomic E-state index is 14.3. The number of ether oxygens (including phenoxy) is 2. The molecule has 5 aliphatic carbocycles. The van der Waals surface area contributed by atoms with Crippen LogP contribution in [0, 0.1) is 69.0 Å². The number of hydrogen-bond acceptors (Lipinski definition) is 5. The van der Waals surface area contributed by atoms with Gasteiger partial charge in [-0.15, -0.1) is 0 Å². The highest BCUT2D eigenvalue weighted by Gasteiger charge is 2.70. The summed E-state index contributed by atoms with van der Waals surface area (Å²) in [6, 6.07) is 0. The average Bonchev–Trinajstić information content (AvgIpc) is 3.33. The standard InChI is InChI=1S/C37H58O5/c1-19-15-36(9)17-35(8)16-25-24(23-11-12-27-28(13-23)42-18-41-27)14-26(34(5,6)7)20(2)30(25)32(39)31(35)21(3)37(36,10)33(40)29(19)22(4)38/h20-21,23-28,30-32,39H,11-18H2,1-10H3. The third-order valence-corrected chi connectivity index (χ3v) is 14.8. The summed E-state index contributed by atoms with van der Waals surface area (Å²) in [5, 5.41) is 12.7. The number of allylic oxidation sites excluding steroid dienone is 2. The van der Waals surface area contributed by atoms with E-state index in [2.05, 4.69) is 55.4 Å². The lowest BCUT2D eigenvalue weighted by atomic mass is 9.34. The number of rotatable bonds is 2. The lowest BCUT2D eigenvalue weighted by molar-refractivity contribution is -0.233. The third-order valence-electron chi connectivity index (χ3n) is 14.8. The summed E-state index contributed by atoms with van der Waals surface area (Å²) >= 11 is 0. The molecule has 14 atom stereocenters. The molecule has 0 radical (unpaired) electrons. The first kappa shape index (κ1) is 31.0. The van der Waals surface area contributed by atoms with Gasteiger partial charge in [0.2, 0.25) is 0 Å². The molecule has 5 fully saturated rings. The largest absolute Gasteiger partial charge is 0.392 e. The molecule has 1 N–H and O–H groups in total.